The van der Waals surface area contributed by atoms with Gasteiger partial charge in [-0.15, -0.1) is 0 Å². The molecule has 1 aliphatic rings. The van der Waals surface area contributed by atoms with Crippen molar-refractivity contribution < 1.29 is 23.0 Å². The van der Waals surface area contributed by atoms with Gasteiger partial charge in [-0.25, -0.2) is 13.6 Å². The van der Waals surface area contributed by atoms with Gasteiger partial charge in [-0.1, -0.05) is 0 Å². The Kier molecular flexibility index (Phi) is 4.31. The minimum atomic E-state index is -0.929. The fourth-order valence-corrected chi connectivity index (χ4v) is 1.99. The predicted octanol–water partition coefficient (Wildman–Crippen LogP) is 2.34. The highest BCUT2D eigenvalue weighted by atomic mass is 19.1. The summed E-state index contributed by atoms with van der Waals surface area (Å²) in [5.74, 6) is -2.48. The number of ether oxygens (including phenoxy) is 2. The zero-order valence-electron chi connectivity index (χ0n) is 10.5. The Morgan fingerprint density at radius 1 is 1.32 bits per heavy atom. The molecule has 1 saturated heterocycles. The zero-order valence-corrected chi connectivity index (χ0v) is 10.5. The van der Waals surface area contributed by atoms with Crippen LogP contribution in [0.1, 0.15) is 23.2 Å². The van der Waals surface area contributed by atoms with E-state index >= 15 is 0 Å². The third-order valence-electron chi connectivity index (χ3n) is 3.04. The number of halogens is 2. The molecule has 1 N–H and O–H groups in total. The highest BCUT2D eigenvalue weighted by molar-refractivity contribution is 5.90. The second-order valence-corrected chi connectivity index (χ2v) is 4.33. The van der Waals surface area contributed by atoms with Crippen molar-refractivity contribution in [2.24, 2.45) is 0 Å². The predicted molar refractivity (Wildman–Crippen MR) is 65.2 cm³/mol. The number of rotatable bonds is 3. The number of anilines is 1. The van der Waals surface area contributed by atoms with Crippen molar-refractivity contribution in [2.45, 2.75) is 18.9 Å². The van der Waals surface area contributed by atoms with E-state index in [1.165, 1.54) is 0 Å². The fraction of sp³-hybridized carbons (Fsp3) is 0.462. The molecule has 19 heavy (non-hydrogen) atoms. The van der Waals surface area contributed by atoms with Gasteiger partial charge in [-0.05, 0) is 18.9 Å². The number of esters is 1. The molecule has 0 unspecified atom stereocenters. The van der Waals surface area contributed by atoms with Gasteiger partial charge in [0.05, 0.1) is 18.4 Å². The Balaban J connectivity index is 2.21. The molecule has 0 amide bonds. The van der Waals surface area contributed by atoms with Gasteiger partial charge in [0.25, 0.3) is 0 Å². The summed E-state index contributed by atoms with van der Waals surface area (Å²) in [5, 5.41) is 2.97. The summed E-state index contributed by atoms with van der Waals surface area (Å²) >= 11 is 0. The van der Waals surface area contributed by atoms with Crippen LogP contribution >= 0.6 is 0 Å². The molecule has 2 rings (SSSR count). The monoisotopic (exact) mass is 271 g/mol. The van der Waals surface area contributed by atoms with E-state index < -0.39 is 17.6 Å². The SMILES string of the molecule is COC(=O)c1cc(NC2CCOCC2)c(F)cc1F. The standard InChI is InChI=1S/C13H15F2NO3/c1-18-13(17)9-6-12(11(15)7-10(9)14)16-8-2-4-19-5-3-8/h6-8,16H,2-5H2,1H3. The van der Waals surface area contributed by atoms with E-state index in [1.54, 1.807) is 0 Å². The molecule has 0 aromatic heterocycles. The van der Waals surface area contributed by atoms with Gasteiger partial charge in [0, 0.05) is 25.3 Å². The van der Waals surface area contributed by atoms with E-state index in [1.807, 2.05) is 0 Å². The smallest absolute Gasteiger partial charge is 0.340 e. The number of hydrogen-bond donors (Lipinski definition) is 1. The molecule has 0 radical (unpaired) electrons. The van der Waals surface area contributed by atoms with Gasteiger partial charge in [-0.2, -0.15) is 0 Å². The normalized spacial score (nSPS) is 16.2. The quantitative estimate of drug-likeness (QED) is 0.857. The van der Waals surface area contributed by atoms with Crippen molar-refractivity contribution in [3.63, 3.8) is 0 Å². The Hall–Kier alpha value is -1.69. The second kappa shape index (κ2) is 5.97. The lowest BCUT2D eigenvalue weighted by Crippen LogP contribution is -2.28. The van der Waals surface area contributed by atoms with Crippen LogP contribution in [-0.4, -0.2) is 32.3 Å². The van der Waals surface area contributed by atoms with E-state index in [9.17, 15) is 13.6 Å². The van der Waals surface area contributed by atoms with Crippen LogP contribution in [0.4, 0.5) is 14.5 Å². The molecular formula is C13H15F2NO3. The van der Waals surface area contributed by atoms with Crippen LogP contribution in [-0.2, 0) is 9.47 Å². The van der Waals surface area contributed by atoms with Gasteiger partial charge < -0.3 is 14.8 Å². The first kappa shape index (κ1) is 13.7. The third-order valence-corrected chi connectivity index (χ3v) is 3.04. The molecular weight excluding hydrogens is 256 g/mol. The number of methoxy groups -OCH3 is 1. The van der Waals surface area contributed by atoms with E-state index in [4.69, 9.17) is 4.74 Å². The molecule has 0 aliphatic carbocycles. The Morgan fingerprint density at radius 2 is 2.00 bits per heavy atom. The summed E-state index contributed by atoms with van der Waals surface area (Å²) in [6.07, 6.45) is 1.48. The van der Waals surface area contributed by atoms with Crippen molar-refractivity contribution in [1.82, 2.24) is 0 Å². The molecule has 0 spiro atoms. The molecule has 1 heterocycles. The van der Waals surface area contributed by atoms with E-state index in [2.05, 4.69) is 10.1 Å². The number of carbonyl (C=O) groups is 1. The first-order valence-corrected chi connectivity index (χ1v) is 6.03. The Labute approximate surface area is 109 Å². The topological polar surface area (TPSA) is 47.6 Å². The van der Waals surface area contributed by atoms with Crippen molar-refractivity contribution in [2.75, 3.05) is 25.6 Å². The molecule has 1 aliphatic heterocycles. The number of hydrogen-bond acceptors (Lipinski definition) is 4. The molecule has 0 atom stereocenters. The maximum atomic E-state index is 13.7. The van der Waals surface area contributed by atoms with Crippen molar-refractivity contribution in [3.8, 4) is 0 Å². The van der Waals surface area contributed by atoms with Crippen LogP contribution in [0.5, 0.6) is 0 Å². The molecule has 104 valence electrons. The summed E-state index contributed by atoms with van der Waals surface area (Å²) in [6, 6.07) is 1.89. The van der Waals surface area contributed by atoms with Crippen LogP contribution in [0, 0.1) is 11.6 Å². The van der Waals surface area contributed by atoms with Gasteiger partial charge >= 0.3 is 5.97 Å². The minimum Gasteiger partial charge on any atom is -0.465 e. The summed E-state index contributed by atoms with van der Waals surface area (Å²) < 4.78 is 36.8. The average molecular weight is 271 g/mol. The van der Waals surface area contributed by atoms with Gasteiger partial charge in [0.15, 0.2) is 0 Å². The lowest BCUT2D eigenvalue weighted by atomic mass is 10.1. The van der Waals surface area contributed by atoms with Crippen molar-refractivity contribution >= 4 is 11.7 Å². The van der Waals surface area contributed by atoms with E-state index in [0.717, 1.165) is 26.0 Å². The summed E-state index contributed by atoms with van der Waals surface area (Å²) in [4.78, 5) is 11.4. The molecule has 1 aromatic carbocycles. The minimum absolute atomic E-state index is 0.0548. The fourth-order valence-electron chi connectivity index (χ4n) is 1.99. The van der Waals surface area contributed by atoms with E-state index in [0.29, 0.717) is 19.3 Å². The molecule has 1 fully saturated rings. The lowest BCUT2D eigenvalue weighted by molar-refractivity contribution is 0.0595. The molecule has 6 heteroatoms. The highest BCUT2D eigenvalue weighted by Gasteiger charge is 2.19. The van der Waals surface area contributed by atoms with E-state index in [-0.39, 0.29) is 17.3 Å². The largest absolute Gasteiger partial charge is 0.465 e. The maximum absolute atomic E-state index is 13.7. The molecule has 0 bridgehead atoms. The summed E-state index contributed by atoms with van der Waals surface area (Å²) in [6.45, 7) is 1.20. The lowest BCUT2D eigenvalue weighted by Gasteiger charge is -2.24. The van der Waals surface area contributed by atoms with Crippen LogP contribution < -0.4 is 5.32 Å². The number of carbonyl (C=O) groups excluding carboxylic acids is 1. The summed E-state index contributed by atoms with van der Waals surface area (Å²) in [7, 11) is 1.15. The van der Waals surface area contributed by atoms with Crippen LogP contribution in [0.2, 0.25) is 0 Å². The second-order valence-electron chi connectivity index (χ2n) is 4.33. The summed E-state index contributed by atoms with van der Waals surface area (Å²) in [5.41, 5.74) is -0.174. The third kappa shape index (κ3) is 3.20. The zero-order chi connectivity index (χ0) is 13.8. The Morgan fingerprint density at radius 3 is 2.63 bits per heavy atom. The average Bonchev–Trinajstić information content (AvgIpc) is 2.42. The Bertz CT molecular complexity index is 473. The van der Waals surface area contributed by atoms with Gasteiger partial charge in [-0.3, -0.25) is 0 Å². The van der Waals surface area contributed by atoms with Crippen molar-refractivity contribution in [3.05, 3.63) is 29.3 Å². The first-order chi connectivity index (χ1) is 9.11. The van der Waals surface area contributed by atoms with Crippen LogP contribution in [0.15, 0.2) is 12.1 Å². The molecule has 0 saturated carbocycles. The van der Waals surface area contributed by atoms with Crippen LogP contribution in [0.3, 0.4) is 0 Å². The van der Waals surface area contributed by atoms with Gasteiger partial charge in [0.2, 0.25) is 0 Å². The first-order valence-electron chi connectivity index (χ1n) is 6.03. The number of benzene rings is 1. The van der Waals surface area contributed by atoms with Crippen molar-refractivity contribution in [1.29, 1.82) is 0 Å². The van der Waals surface area contributed by atoms with Gasteiger partial charge in [0.1, 0.15) is 11.6 Å². The highest BCUT2D eigenvalue weighted by Crippen LogP contribution is 2.23. The maximum Gasteiger partial charge on any atom is 0.340 e. The molecule has 4 nitrogen and oxygen atoms in total. The van der Waals surface area contributed by atoms with Crippen LogP contribution in [0.25, 0.3) is 0 Å². The number of nitrogens with one attached hydrogen (secondary N) is 1. The molecule has 1 aromatic rings.